The van der Waals surface area contributed by atoms with Gasteiger partial charge in [0.2, 0.25) is 0 Å². The van der Waals surface area contributed by atoms with E-state index in [1.807, 2.05) is 5.38 Å². The Hall–Kier alpha value is -1.64. The van der Waals surface area contributed by atoms with Gasteiger partial charge >= 0.3 is 88.1 Å². The van der Waals surface area contributed by atoms with Gasteiger partial charge in [0.25, 0.3) is 0 Å². The standard InChI is InChI=1S/C8H10AsNO5.C4H5NOS/c1-5(11)10-8-6(9(13,14)15)3-2-4-7(8)12;6-1-4-2-7-3-5-4/h2-4,12H,1H3,(H,10,11)(H2,13,14,15);2-3,6H,1H2. The molecule has 22 heavy (non-hydrogen) atoms. The van der Waals surface area contributed by atoms with Crippen LogP contribution in [-0.4, -0.2) is 43.5 Å². The molecule has 0 aliphatic rings. The molecule has 1 heterocycles. The summed E-state index contributed by atoms with van der Waals surface area (Å²) in [6.45, 7) is 1.24. The summed E-state index contributed by atoms with van der Waals surface area (Å²) in [4.78, 5) is 14.6. The number of aliphatic hydroxyl groups excluding tert-OH is 1. The molecule has 2 rings (SSSR count). The molecule has 8 nitrogen and oxygen atoms in total. The topological polar surface area (TPSA) is 140 Å². The smallest absolute Gasteiger partial charge is 0.0861 e. The minimum Gasteiger partial charge on any atom is -0.390 e. The SMILES string of the molecule is CC(=O)Nc1c(O)cccc1[As](=O)(O)O.OCc1cscn1. The van der Waals surface area contributed by atoms with Crippen molar-refractivity contribution in [3.8, 4) is 5.75 Å². The second kappa shape index (κ2) is 8.11. The van der Waals surface area contributed by atoms with Gasteiger partial charge in [0.05, 0.1) is 17.8 Å². The van der Waals surface area contributed by atoms with E-state index < -0.39 is 20.1 Å². The summed E-state index contributed by atoms with van der Waals surface area (Å²) in [7, 11) is 0. The summed E-state index contributed by atoms with van der Waals surface area (Å²) in [5.74, 6) is -0.880. The summed E-state index contributed by atoms with van der Waals surface area (Å²) in [6, 6.07) is 3.71. The van der Waals surface area contributed by atoms with Gasteiger partial charge in [-0.3, -0.25) is 0 Å². The van der Waals surface area contributed by atoms with Crippen LogP contribution in [0.15, 0.2) is 29.1 Å². The molecule has 0 saturated heterocycles. The molecule has 1 amide bonds. The van der Waals surface area contributed by atoms with E-state index in [9.17, 15) is 13.6 Å². The Labute approximate surface area is 133 Å². The molecule has 0 aliphatic heterocycles. The largest absolute Gasteiger partial charge is 0.390 e. The number of aliphatic hydroxyl groups is 1. The number of rotatable bonds is 3. The molecule has 0 atom stereocenters. The maximum Gasteiger partial charge on any atom is 0.0861 e. The number of aromatic hydroxyl groups is 1. The number of phenolic OH excluding ortho intramolecular Hbond substituents is 1. The minimum absolute atomic E-state index is 0.0590. The van der Waals surface area contributed by atoms with E-state index in [2.05, 4.69) is 10.3 Å². The van der Waals surface area contributed by atoms with Crippen LogP contribution in [-0.2, 0) is 15.1 Å². The number of carbonyl (C=O) groups excluding carboxylic acids is 1. The van der Waals surface area contributed by atoms with E-state index in [1.54, 1.807) is 5.51 Å². The van der Waals surface area contributed by atoms with Crippen molar-refractivity contribution in [2.24, 2.45) is 0 Å². The molecule has 1 aromatic heterocycles. The van der Waals surface area contributed by atoms with E-state index in [1.165, 1.54) is 36.5 Å². The van der Waals surface area contributed by atoms with E-state index in [4.69, 9.17) is 13.3 Å². The van der Waals surface area contributed by atoms with Crippen LogP contribution in [0.4, 0.5) is 5.69 Å². The summed E-state index contributed by atoms with van der Waals surface area (Å²) in [5.41, 5.74) is 2.23. The third-order valence-electron chi connectivity index (χ3n) is 2.28. The van der Waals surface area contributed by atoms with Crippen LogP contribution in [0.5, 0.6) is 5.75 Å². The van der Waals surface area contributed by atoms with Gasteiger partial charge in [0, 0.05) is 5.38 Å². The van der Waals surface area contributed by atoms with Gasteiger partial charge in [0.15, 0.2) is 0 Å². The van der Waals surface area contributed by atoms with Crippen LogP contribution in [0, 0.1) is 0 Å². The fourth-order valence-corrected chi connectivity index (χ4v) is 3.50. The number of thiazole rings is 1. The minimum atomic E-state index is -5.14. The summed E-state index contributed by atoms with van der Waals surface area (Å²) >= 11 is -3.65. The number of anilines is 1. The van der Waals surface area contributed by atoms with E-state index >= 15 is 0 Å². The monoisotopic (exact) mass is 390 g/mol. The molecule has 1 aromatic carbocycles. The van der Waals surface area contributed by atoms with Gasteiger partial charge in [-0.05, 0) is 0 Å². The van der Waals surface area contributed by atoms with Crippen LogP contribution >= 0.6 is 11.3 Å². The zero-order valence-electron chi connectivity index (χ0n) is 11.5. The van der Waals surface area contributed by atoms with Crippen LogP contribution in [0.3, 0.4) is 0 Å². The van der Waals surface area contributed by atoms with Crippen molar-refractivity contribution >= 4 is 41.5 Å². The molecule has 120 valence electrons. The van der Waals surface area contributed by atoms with Gasteiger partial charge in [0.1, 0.15) is 0 Å². The van der Waals surface area contributed by atoms with Gasteiger partial charge < -0.3 is 5.11 Å². The molecule has 0 spiro atoms. The van der Waals surface area contributed by atoms with Gasteiger partial charge in [-0.25, -0.2) is 4.98 Å². The van der Waals surface area contributed by atoms with Crippen molar-refractivity contribution in [2.75, 3.05) is 5.32 Å². The zero-order chi connectivity index (χ0) is 16.8. The number of aromatic nitrogens is 1. The molecule has 0 bridgehead atoms. The molecular weight excluding hydrogens is 375 g/mol. The maximum absolute atomic E-state index is 11.1. The number of hydrogen-bond acceptors (Lipinski definition) is 6. The molecule has 0 unspecified atom stereocenters. The Morgan fingerprint density at radius 3 is 2.50 bits per heavy atom. The van der Waals surface area contributed by atoms with Crippen molar-refractivity contribution in [2.45, 2.75) is 13.5 Å². The maximum atomic E-state index is 11.1. The van der Waals surface area contributed by atoms with Crippen molar-refractivity contribution < 1.29 is 26.9 Å². The predicted octanol–water partition coefficient (Wildman–Crippen LogP) is -0.453. The molecule has 5 N–H and O–H groups in total. The number of hydrogen-bond donors (Lipinski definition) is 5. The molecule has 0 fully saturated rings. The summed E-state index contributed by atoms with van der Waals surface area (Å²) in [5, 5.41) is 21.7. The molecule has 0 aliphatic carbocycles. The first-order valence-electron chi connectivity index (χ1n) is 5.89. The number of para-hydroxylation sites is 1. The van der Waals surface area contributed by atoms with E-state index in [0.29, 0.717) is 0 Å². The van der Waals surface area contributed by atoms with Gasteiger partial charge in [-0.1, -0.05) is 0 Å². The Kier molecular flexibility index (Phi) is 6.79. The first kappa shape index (κ1) is 18.4. The zero-order valence-corrected chi connectivity index (χ0v) is 14.2. The Morgan fingerprint density at radius 1 is 1.41 bits per heavy atom. The average molecular weight is 390 g/mol. The first-order valence-corrected chi connectivity index (χ1v) is 10.2. The Bertz CT molecular complexity index is 670. The summed E-state index contributed by atoms with van der Waals surface area (Å²) < 4.78 is 28.8. The average Bonchev–Trinajstić information content (AvgIpc) is 2.93. The number of nitrogens with zero attached hydrogens (tertiary/aromatic N) is 1. The molecule has 2 aromatic rings. The normalized spacial score (nSPS) is 10.5. The number of nitrogens with one attached hydrogen (secondary N) is 1. The van der Waals surface area contributed by atoms with E-state index in [-0.39, 0.29) is 22.4 Å². The third-order valence-corrected chi connectivity index (χ3v) is 5.01. The van der Waals surface area contributed by atoms with Crippen LogP contribution in [0.2, 0.25) is 0 Å². The second-order valence-corrected chi connectivity index (χ2v) is 8.05. The third kappa shape index (κ3) is 5.63. The summed E-state index contributed by atoms with van der Waals surface area (Å²) in [6.07, 6.45) is 0. The van der Waals surface area contributed by atoms with Crippen molar-refractivity contribution in [1.29, 1.82) is 0 Å². The van der Waals surface area contributed by atoms with E-state index in [0.717, 1.165) is 5.69 Å². The fraction of sp³-hybridized carbons (Fsp3) is 0.167. The van der Waals surface area contributed by atoms with Crippen molar-refractivity contribution in [1.82, 2.24) is 4.98 Å². The fourth-order valence-electron chi connectivity index (χ4n) is 1.39. The molecule has 10 heteroatoms. The van der Waals surface area contributed by atoms with Crippen LogP contribution < -0.4 is 9.67 Å². The second-order valence-electron chi connectivity index (χ2n) is 4.03. The Balaban J connectivity index is 0.000000287. The van der Waals surface area contributed by atoms with Gasteiger partial charge in [-0.2, -0.15) is 0 Å². The number of phenols is 1. The molecular formula is C12H15AsN2O6S. The number of carbonyl (C=O) groups is 1. The first-order chi connectivity index (χ1) is 10.3. The van der Waals surface area contributed by atoms with Crippen LogP contribution in [0.25, 0.3) is 0 Å². The number of benzene rings is 1. The molecule has 0 saturated carbocycles. The van der Waals surface area contributed by atoms with Crippen LogP contribution in [0.1, 0.15) is 12.6 Å². The quantitative estimate of drug-likeness (QED) is 0.353. The van der Waals surface area contributed by atoms with Gasteiger partial charge in [-0.15, -0.1) is 11.3 Å². The Morgan fingerprint density at radius 2 is 2.09 bits per heavy atom. The predicted molar refractivity (Wildman–Crippen MR) is 81.0 cm³/mol. The van der Waals surface area contributed by atoms with Crippen molar-refractivity contribution in [3.63, 3.8) is 0 Å². The number of amides is 1. The molecule has 0 radical (unpaired) electrons. The van der Waals surface area contributed by atoms with Crippen molar-refractivity contribution in [3.05, 3.63) is 34.8 Å².